The lowest BCUT2D eigenvalue weighted by molar-refractivity contribution is -0.151. The molecule has 4 rings (SSSR count). The molecule has 1 saturated heterocycles. The Balaban J connectivity index is 0.000000236. The summed E-state index contributed by atoms with van der Waals surface area (Å²) in [5.41, 5.74) is 8.17. The summed E-state index contributed by atoms with van der Waals surface area (Å²) in [5.74, 6) is -0.225. The van der Waals surface area contributed by atoms with Crippen LogP contribution in [0.4, 0.5) is 5.69 Å². The number of carbonyl (C=O) groups is 1. The van der Waals surface area contributed by atoms with E-state index in [0.717, 1.165) is 6.42 Å². The molecule has 1 fully saturated rings. The maximum Gasteiger partial charge on any atom is 0.303 e. The minimum absolute atomic E-state index is 0.225. The quantitative estimate of drug-likeness (QED) is 0.300. The van der Waals surface area contributed by atoms with Gasteiger partial charge in [0, 0.05) is 24.9 Å². The zero-order valence-electron chi connectivity index (χ0n) is 21.9. The SMILES string of the molecule is CC(=O)OC(C)(C)C.CCc1ccccc1.C[C@@]1(O)[C@H](O)[C@@H](CO)N[C@H]1c1c[nH]c2c(N)ccnc12. The molecule has 36 heavy (non-hydrogen) atoms. The molecule has 0 amide bonds. The molecule has 9 heteroatoms. The molecule has 0 aliphatic carbocycles. The average molecular weight is 501 g/mol. The van der Waals surface area contributed by atoms with Crippen LogP contribution in [0.3, 0.4) is 0 Å². The molecule has 3 heterocycles. The summed E-state index contributed by atoms with van der Waals surface area (Å²) in [6.45, 7) is 10.4. The largest absolute Gasteiger partial charge is 0.460 e. The molecule has 1 aliphatic heterocycles. The number of carbonyl (C=O) groups excluding carboxylic acids is 1. The van der Waals surface area contributed by atoms with E-state index in [1.807, 2.05) is 26.8 Å². The van der Waals surface area contributed by atoms with Crippen molar-refractivity contribution in [3.63, 3.8) is 0 Å². The fourth-order valence-electron chi connectivity index (χ4n) is 4.04. The summed E-state index contributed by atoms with van der Waals surface area (Å²) in [4.78, 5) is 17.6. The van der Waals surface area contributed by atoms with Crippen LogP contribution in [0, 0.1) is 0 Å². The monoisotopic (exact) mass is 500 g/mol. The van der Waals surface area contributed by atoms with Gasteiger partial charge in [0.2, 0.25) is 0 Å². The number of nitrogens with two attached hydrogens (primary N) is 1. The van der Waals surface area contributed by atoms with Gasteiger partial charge in [0.1, 0.15) is 17.3 Å². The summed E-state index contributed by atoms with van der Waals surface area (Å²) >= 11 is 0. The van der Waals surface area contributed by atoms with Gasteiger partial charge >= 0.3 is 5.97 Å². The second kappa shape index (κ2) is 12.3. The van der Waals surface area contributed by atoms with E-state index in [0.29, 0.717) is 22.3 Å². The number of ether oxygens (including phenoxy) is 1. The number of rotatable bonds is 3. The fraction of sp³-hybridized carbons (Fsp3) is 0.481. The van der Waals surface area contributed by atoms with Crippen LogP contribution in [0.15, 0.2) is 48.8 Å². The molecule has 0 spiro atoms. The molecule has 0 saturated carbocycles. The average Bonchev–Trinajstić information content (AvgIpc) is 3.33. The van der Waals surface area contributed by atoms with Gasteiger partial charge in [0.25, 0.3) is 0 Å². The second-order valence-corrected chi connectivity index (χ2v) is 9.97. The van der Waals surface area contributed by atoms with Gasteiger partial charge < -0.3 is 30.8 Å². The predicted octanol–water partition coefficient (Wildman–Crippen LogP) is 2.86. The number of aliphatic hydroxyl groups is 3. The van der Waals surface area contributed by atoms with Crippen LogP contribution in [0.25, 0.3) is 11.0 Å². The van der Waals surface area contributed by atoms with Crippen LogP contribution in [0.1, 0.15) is 58.7 Å². The number of nitrogens with one attached hydrogen (secondary N) is 2. The molecule has 0 bridgehead atoms. The highest BCUT2D eigenvalue weighted by Crippen LogP contribution is 2.39. The molecule has 0 radical (unpaired) electrons. The molecule has 9 nitrogen and oxygen atoms in total. The lowest BCUT2D eigenvalue weighted by Crippen LogP contribution is -2.43. The van der Waals surface area contributed by atoms with Gasteiger partial charge in [-0.2, -0.15) is 0 Å². The fourth-order valence-corrected chi connectivity index (χ4v) is 4.04. The number of aryl methyl sites for hydroxylation is 1. The lowest BCUT2D eigenvalue weighted by atomic mass is 9.89. The number of aromatic nitrogens is 2. The van der Waals surface area contributed by atoms with E-state index >= 15 is 0 Å². The summed E-state index contributed by atoms with van der Waals surface area (Å²) in [6, 6.07) is 11.0. The van der Waals surface area contributed by atoms with Gasteiger partial charge in [-0.25, -0.2) is 0 Å². The maximum atomic E-state index is 10.5. The predicted molar refractivity (Wildman–Crippen MR) is 141 cm³/mol. The van der Waals surface area contributed by atoms with Gasteiger partial charge in [0.15, 0.2) is 0 Å². The van der Waals surface area contributed by atoms with Crippen molar-refractivity contribution >= 4 is 22.7 Å². The second-order valence-electron chi connectivity index (χ2n) is 9.97. The number of pyridine rings is 1. The number of hydrogen-bond acceptors (Lipinski definition) is 8. The molecule has 1 aliphatic rings. The lowest BCUT2D eigenvalue weighted by Gasteiger charge is -2.27. The van der Waals surface area contributed by atoms with Crippen molar-refractivity contribution in [3.8, 4) is 0 Å². The number of hydrogen-bond donors (Lipinski definition) is 6. The number of aliphatic hydroxyl groups excluding tert-OH is 2. The Labute approximate surface area is 212 Å². The summed E-state index contributed by atoms with van der Waals surface area (Å²) in [6.07, 6.45) is 3.38. The summed E-state index contributed by atoms with van der Waals surface area (Å²) < 4.78 is 4.80. The van der Waals surface area contributed by atoms with Crippen molar-refractivity contribution in [1.82, 2.24) is 15.3 Å². The normalized spacial score (nSPS) is 23.3. The summed E-state index contributed by atoms with van der Waals surface area (Å²) in [5, 5.41) is 32.9. The molecule has 1 aromatic carbocycles. The highest BCUT2D eigenvalue weighted by atomic mass is 16.6. The topological polar surface area (TPSA) is 154 Å². The molecule has 0 unspecified atom stereocenters. The Kier molecular flexibility index (Phi) is 10.0. The molecule has 198 valence electrons. The first-order valence-corrected chi connectivity index (χ1v) is 12.0. The first kappa shape index (κ1) is 29.3. The van der Waals surface area contributed by atoms with Crippen molar-refractivity contribution in [1.29, 1.82) is 0 Å². The number of benzene rings is 1. The smallest absolute Gasteiger partial charge is 0.303 e. The number of H-pyrrole nitrogens is 1. The van der Waals surface area contributed by atoms with Crippen LogP contribution >= 0.6 is 0 Å². The van der Waals surface area contributed by atoms with Gasteiger partial charge in [-0.15, -0.1) is 0 Å². The van der Waals surface area contributed by atoms with Crippen molar-refractivity contribution in [3.05, 3.63) is 59.9 Å². The third kappa shape index (κ3) is 7.51. The van der Waals surface area contributed by atoms with Gasteiger partial charge in [0.05, 0.1) is 35.4 Å². The van der Waals surface area contributed by atoms with E-state index in [9.17, 15) is 20.1 Å². The third-order valence-corrected chi connectivity index (χ3v) is 5.78. The third-order valence-electron chi connectivity index (χ3n) is 5.78. The van der Waals surface area contributed by atoms with E-state index in [-0.39, 0.29) is 18.2 Å². The van der Waals surface area contributed by atoms with E-state index < -0.39 is 23.8 Å². The zero-order chi connectivity index (χ0) is 27.1. The highest BCUT2D eigenvalue weighted by molar-refractivity contribution is 5.89. The first-order chi connectivity index (χ1) is 16.8. The number of fused-ring (bicyclic) bond motifs is 1. The Bertz CT molecular complexity index is 1110. The summed E-state index contributed by atoms with van der Waals surface area (Å²) in [7, 11) is 0. The highest BCUT2D eigenvalue weighted by Gasteiger charge is 2.51. The number of nitrogens with zero attached hydrogens (tertiary/aromatic N) is 1. The van der Waals surface area contributed by atoms with Crippen molar-refractivity contribution in [2.24, 2.45) is 0 Å². The van der Waals surface area contributed by atoms with Gasteiger partial charge in [-0.3, -0.25) is 15.1 Å². The minimum atomic E-state index is -1.41. The number of esters is 1. The Morgan fingerprint density at radius 3 is 2.31 bits per heavy atom. The molecule has 4 atom stereocenters. The van der Waals surface area contributed by atoms with Gasteiger partial charge in [-0.05, 0) is 45.7 Å². The van der Waals surface area contributed by atoms with Crippen LogP contribution < -0.4 is 11.1 Å². The Hall–Kier alpha value is -2.98. The van der Waals surface area contributed by atoms with E-state index in [1.54, 1.807) is 18.5 Å². The molecule has 3 aromatic rings. The Morgan fingerprint density at radius 1 is 1.22 bits per heavy atom. The van der Waals surface area contributed by atoms with Crippen LogP contribution in [0.5, 0.6) is 0 Å². The van der Waals surface area contributed by atoms with Crippen LogP contribution in [-0.4, -0.2) is 61.2 Å². The number of nitrogen functional groups attached to an aromatic ring is 1. The van der Waals surface area contributed by atoms with Crippen molar-refractivity contribution < 1.29 is 24.9 Å². The van der Waals surface area contributed by atoms with Crippen LogP contribution in [0.2, 0.25) is 0 Å². The molecular weight excluding hydrogens is 460 g/mol. The van der Waals surface area contributed by atoms with Crippen molar-refractivity contribution in [2.75, 3.05) is 12.3 Å². The first-order valence-electron chi connectivity index (χ1n) is 12.0. The standard InChI is InChI=1S/C13H18N4O3.C8H10.C6H12O2/c1-13(20)11(17-8(5-18)12(13)19)6-4-16-10-7(14)2-3-15-9(6)10;1-2-8-6-4-3-5-7-8;1-5(7)8-6(2,3)4/h2-4,8,11-12,16-20H,5H2,1H3,(H2,14,15);3-7H,2H2,1H3;1-4H3/t8-,11+,12-,13+;;/m1../s1. The molecule has 2 aromatic heterocycles. The minimum Gasteiger partial charge on any atom is -0.460 e. The van der Waals surface area contributed by atoms with E-state index in [4.69, 9.17) is 10.5 Å². The van der Waals surface area contributed by atoms with E-state index in [2.05, 4.69) is 46.5 Å². The van der Waals surface area contributed by atoms with Gasteiger partial charge in [-0.1, -0.05) is 37.3 Å². The Morgan fingerprint density at radius 2 is 1.86 bits per heavy atom. The molecular formula is C27H40N4O5. The number of aromatic amines is 1. The number of anilines is 1. The maximum absolute atomic E-state index is 10.5. The van der Waals surface area contributed by atoms with Crippen molar-refractivity contribution in [2.45, 2.75) is 77.4 Å². The van der Waals surface area contributed by atoms with Crippen LogP contribution in [-0.2, 0) is 16.0 Å². The zero-order valence-corrected chi connectivity index (χ0v) is 21.9. The van der Waals surface area contributed by atoms with E-state index in [1.165, 1.54) is 19.4 Å². The molecule has 7 N–H and O–H groups in total.